The highest BCUT2D eigenvalue weighted by Gasteiger charge is 2.26. The Morgan fingerprint density at radius 3 is 2.43 bits per heavy atom. The first-order valence-electron chi connectivity index (χ1n) is 6.20. The third kappa shape index (κ3) is 4.02. The Bertz CT molecular complexity index is 687. The van der Waals surface area contributed by atoms with Gasteiger partial charge in [0.05, 0.1) is 20.6 Å². The number of nitrogens with one attached hydrogen (secondary N) is 1. The maximum Gasteiger partial charge on any atom is 0.254 e. The number of amides is 1. The Kier molecular flexibility index (Phi) is 5.05. The summed E-state index contributed by atoms with van der Waals surface area (Å²) in [6, 6.07) is 1.03. The van der Waals surface area contributed by atoms with E-state index in [0.717, 1.165) is 12.5 Å². The highest BCUT2D eigenvalue weighted by Crippen LogP contribution is 2.36. The molecule has 0 unspecified atom stereocenters. The highest BCUT2D eigenvalue weighted by molar-refractivity contribution is 7.89. The first-order valence-corrected chi connectivity index (χ1v) is 8.88. The molecular weight excluding hydrogens is 359 g/mol. The monoisotopic (exact) mass is 370 g/mol. The standard InChI is InChI=1S/C12H13Cl3N2O3S/c13-7-5-8(21(16,19)20)11(15)9(10(7)14)12(18)17-4-3-6-1-2-6/h5-6H,1-4H2,(H,17,18)(H2,16,19,20). The molecule has 0 bridgehead atoms. The van der Waals surface area contributed by atoms with Crippen LogP contribution < -0.4 is 10.5 Å². The highest BCUT2D eigenvalue weighted by atomic mass is 35.5. The number of hydrogen-bond donors (Lipinski definition) is 2. The summed E-state index contributed by atoms with van der Waals surface area (Å²) in [5, 5.41) is 7.18. The summed E-state index contributed by atoms with van der Waals surface area (Å²) in [6.07, 6.45) is 3.21. The predicted molar refractivity (Wildman–Crippen MR) is 82.5 cm³/mol. The molecule has 5 nitrogen and oxygen atoms in total. The molecule has 1 saturated carbocycles. The summed E-state index contributed by atoms with van der Waals surface area (Å²) in [5.74, 6) is 0.0774. The molecule has 21 heavy (non-hydrogen) atoms. The number of primary sulfonamides is 1. The maximum atomic E-state index is 12.1. The number of sulfonamides is 1. The normalized spacial score (nSPS) is 15.0. The summed E-state index contributed by atoms with van der Waals surface area (Å²) < 4.78 is 22.9. The average molecular weight is 372 g/mol. The van der Waals surface area contributed by atoms with Crippen LogP contribution in [0.4, 0.5) is 0 Å². The fourth-order valence-electron chi connectivity index (χ4n) is 1.87. The van der Waals surface area contributed by atoms with E-state index < -0.39 is 20.8 Å². The molecule has 1 fully saturated rings. The second-order valence-electron chi connectivity index (χ2n) is 4.89. The molecule has 1 aromatic carbocycles. The molecule has 2 rings (SSSR count). The van der Waals surface area contributed by atoms with Crippen LogP contribution in [-0.4, -0.2) is 20.9 Å². The number of carbonyl (C=O) groups excluding carboxylic acids is 1. The zero-order valence-electron chi connectivity index (χ0n) is 10.8. The van der Waals surface area contributed by atoms with Gasteiger partial charge in [-0.25, -0.2) is 13.6 Å². The van der Waals surface area contributed by atoms with Gasteiger partial charge < -0.3 is 5.32 Å². The lowest BCUT2D eigenvalue weighted by Crippen LogP contribution is -2.26. The third-order valence-electron chi connectivity index (χ3n) is 3.19. The van der Waals surface area contributed by atoms with Crippen molar-refractivity contribution in [1.82, 2.24) is 5.32 Å². The van der Waals surface area contributed by atoms with Crippen molar-refractivity contribution in [1.29, 1.82) is 0 Å². The van der Waals surface area contributed by atoms with Crippen LogP contribution in [0.2, 0.25) is 15.1 Å². The van der Waals surface area contributed by atoms with E-state index in [9.17, 15) is 13.2 Å². The van der Waals surface area contributed by atoms with Crippen LogP contribution >= 0.6 is 34.8 Å². The predicted octanol–water partition coefficient (Wildman–Crippen LogP) is 2.82. The smallest absolute Gasteiger partial charge is 0.254 e. The molecule has 0 spiro atoms. The zero-order valence-corrected chi connectivity index (χ0v) is 13.9. The van der Waals surface area contributed by atoms with Crippen LogP contribution in [0.15, 0.2) is 11.0 Å². The van der Waals surface area contributed by atoms with Gasteiger partial charge in [-0.05, 0) is 18.4 Å². The second-order valence-corrected chi connectivity index (χ2v) is 7.59. The molecule has 3 N–H and O–H groups in total. The lowest BCUT2D eigenvalue weighted by atomic mass is 10.2. The van der Waals surface area contributed by atoms with Gasteiger partial charge >= 0.3 is 0 Å². The van der Waals surface area contributed by atoms with Gasteiger partial charge in [-0.1, -0.05) is 47.6 Å². The van der Waals surface area contributed by atoms with Gasteiger partial charge in [0.2, 0.25) is 10.0 Å². The van der Waals surface area contributed by atoms with E-state index in [4.69, 9.17) is 39.9 Å². The van der Waals surface area contributed by atoms with Crippen LogP contribution in [-0.2, 0) is 10.0 Å². The van der Waals surface area contributed by atoms with E-state index >= 15 is 0 Å². The quantitative estimate of drug-likeness (QED) is 0.780. The lowest BCUT2D eigenvalue weighted by molar-refractivity contribution is 0.0953. The van der Waals surface area contributed by atoms with Gasteiger partial charge in [0.1, 0.15) is 4.90 Å². The maximum absolute atomic E-state index is 12.1. The number of benzene rings is 1. The molecule has 1 amide bonds. The fraction of sp³-hybridized carbons (Fsp3) is 0.417. The Hall–Kier alpha value is -0.530. The molecule has 1 aliphatic carbocycles. The number of carbonyl (C=O) groups is 1. The first-order chi connectivity index (χ1) is 9.71. The van der Waals surface area contributed by atoms with Crippen LogP contribution in [0.3, 0.4) is 0 Å². The van der Waals surface area contributed by atoms with Crippen molar-refractivity contribution in [2.75, 3.05) is 6.54 Å². The summed E-state index contributed by atoms with van der Waals surface area (Å²) in [6.45, 7) is 0.466. The molecule has 1 aromatic rings. The minimum Gasteiger partial charge on any atom is -0.352 e. The fourth-order valence-corrected chi connectivity index (χ4v) is 3.61. The molecule has 0 saturated heterocycles. The van der Waals surface area contributed by atoms with Gasteiger partial charge in [-0.15, -0.1) is 0 Å². The number of hydrogen-bond acceptors (Lipinski definition) is 3. The molecule has 0 aromatic heterocycles. The molecular formula is C12H13Cl3N2O3S. The van der Waals surface area contributed by atoms with Crippen molar-refractivity contribution in [3.8, 4) is 0 Å². The van der Waals surface area contributed by atoms with E-state index in [0.29, 0.717) is 12.5 Å². The van der Waals surface area contributed by atoms with Gasteiger partial charge in [-0.2, -0.15) is 0 Å². The van der Waals surface area contributed by atoms with Crippen molar-refractivity contribution in [3.63, 3.8) is 0 Å². The van der Waals surface area contributed by atoms with E-state index in [2.05, 4.69) is 5.32 Å². The molecule has 0 aliphatic heterocycles. The van der Waals surface area contributed by atoms with Crippen molar-refractivity contribution in [2.24, 2.45) is 11.1 Å². The van der Waals surface area contributed by atoms with Crippen molar-refractivity contribution >= 4 is 50.7 Å². The summed E-state index contributed by atoms with van der Waals surface area (Å²) in [5.41, 5.74) is -0.175. The summed E-state index contributed by atoms with van der Waals surface area (Å²) in [7, 11) is -4.11. The minimum absolute atomic E-state index is 0.0991. The zero-order chi connectivity index (χ0) is 15.8. The number of rotatable bonds is 5. The molecule has 116 valence electrons. The Labute approximate surface area is 137 Å². The molecule has 1 aliphatic rings. The van der Waals surface area contributed by atoms with Gasteiger partial charge in [-0.3, -0.25) is 4.79 Å². The van der Waals surface area contributed by atoms with Crippen molar-refractivity contribution in [2.45, 2.75) is 24.2 Å². The second kappa shape index (κ2) is 6.30. The SMILES string of the molecule is NS(=O)(=O)c1cc(Cl)c(Cl)c(C(=O)NCCC2CC2)c1Cl. The number of halogens is 3. The Morgan fingerprint density at radius 1 is 1.29 bits per heavy atom. The minimum atomic E-state index is -4.11. The Balaban J connectivity index is 2.32. The van der Waals surface area contributed by atoms with Crippen molar-refractivity contribution in [3.05, 3.63) is 26.7 Å². The van der Waals surface area contributed by atoms with E-state index in [-0.39, 0.29) is 20.6 Å². The first kappa shape index (κ1) is 16.8. The van der Waals surface area contributed by atoms with Gasteiger partial charge in [0.25, 0.3) is 5.91 Å². The molecule has 0 radical (unpaired) electrons. The van der Waals surface area contributed by atoms with E-state index in [1.807, 2.05) is 0 Å². The third-order valence-corrected chi connectivity index (χ3v) is 5.42. The van der Waals surface area contributed by atoms with Gasteiger partial charge in [0.15, 0.2) is 0 Å². The Morgan fingerprint density at radius 2 is 1.90 bits per heavy atom. The van der Waals surface area contributed by atoms with Crippen LogP contribution in [0.25, 0.3) is 0 Å². The summed E-state index contributed by atoms with van der Waals surface area (Å²) in [4.78, 5) is 11.7. The van der Waals surface area contributed by atoms with E-state index in [1.54, 1.807) is 0 Å². The average Bonchev–Trinajstić information content (AvgIpc) is 3.16. The molecule has 0 atom stereocenters. The largest absolute Gasteiger partial charge is 0.352 e. The van der Waals surface area contributed by atoms with Gasteiger partial charge in [0, 0.05) is 6.54 Å². The lowest BCUT2D eigenvalue weighted by Gasteiger charge is -2.12. The number of nitrogens with two attached hydrogens (primary N) is 1. The van der Waals surface area contributed by atoms with Crippen LogP contribution in [0.1, 0.15) is 29.6 Å². The van der Waals surface area contributed by atoms with Crippen molar-refractivity contribution < 1.29 is 13.2 Å². The molecule has 9 heteroatoms. The van der Waals surface area contributed by atoms with Crippen LogP contribution in [0, 0.1) is 5.92 Å². The molecule has 0 heterocycles. The topological polar surface area (TPSA) is 89.3 Å². The summed E-state index contributed by atoms with van der Waals surface area (Å²) >= 11 is 17.8. The van der Waals surface area contributed by atoms with Crippen LogP contribution in [0.5, 0.6) is 0 Å². The van der Waals surface area contributed by atoms with E-state index in [1.165, 1.54) is 12.8 Å².